The Morgan fingerprint density at radius 2 is 1.65 bits per heavy atom. The first-order chi connectivity index (χ1) is 14.8. The smallest absolute Gasteiger partial charge is 0.406 e. The van der Waals surface area contributed by atoms with Gasteiger partial charge in [0.2, 0.25) is 11.8 Å². The number of ether oxygens (including phenoxy) is 2. The van der Waals surface area contributed by atoms with E-state index < -0.39 is 11.8 Å². The summed E-state index contributed by atoms with van der Waals surface area (Å²) in [5.74, 6) is -0.361. The van der Waals surface area contributed by atoms with Gasteiger partial charge in [0, 0.05) is 25.3 Å². The molecule has 2 heterocycles. The van der Waals surface area contributed by atoms with E-state index in [9.17, 15) is 22.8 Å². The van der Waals surface area contributed by atoms with E-state index in [1.807, 2.05) is 0 Å². The number of hydrogen-bond acceptors (Lipinski definition) is 4. The molecule has 1 spiro atoms. The van der Waals surface area contributed by atoms with Gasteiger partial charge in [0.15, 0.2) is 0 Å². The Kier molecular flexibility index (Phi) is 6.14. The average Bonchev–Trinajstić information content (AvgIpc) is 3.36. The fourth-order valence-corrected chi connectivity index (χ4v) is 4.88. The molecule has 2 amide bonds. The molecule has 0 N–H and O–H groups in total. The Bertz CT molecular complexity index is 798. The van der Waals surface area contributed by atoms with Crippen LogP contribution in [0, 0.1) is 5.41 Å². The van der Waals surface area contributed by atoms with Crippen molar-refractivity contribution in [1.82, 2.24) is 4.90 Å². The van der Waals surface area contributed by atoms with Crippen LogP contribution in [-0.4, -0.2) is 55.4 Å². The summed E-state index contributed by atoms with van der Waals surface area (Å²) in [7, 11) is 0. The van der Waals surface area contributed by atoms with Crippen molar-refractivity contribution in [2.24, 2.45) is 5.41 Å². The molecule has 1 aromatic rings. The van der Waals surface area contributed by atoms with Gasteiger partial charge in [-0.15, -0.1) is 13.2 Å². The van der Waals surface area contributed by atoms with Gasteiger partial charge in [-0.2, -0.15) is 0 Å². The van der Waals surface area contributed by atoms with Crippen molar-refractivity contribution in [1.29, 1.82) is 0 Å². The largest absolute Gasteiger partial charge is 0.573 e. The number of alkyl halides is 3. The Morgan fingerprint density at radius 3 is 2.26 bits per heavy atom. The van der Waals surface area contributed by atoms with Gasteiger partial charge in [-0.25, -0.2) is 0 Å². The van der Waals surface area contributed by atoms with Crippen LogP contribution in [0.4, 0.5) is 18.9 Å². The van der Waals surface area contributed by atoms with Gasteiger partial charge in [-0.1, -0.05) is 12.8 Å². The number of hydrogen-bond donors (Lipinski definition) is 0. The molecule has 0 bridgehead atoms. The van der Waals surface area contributed by atoms with Crippen molar-refractivity contribution in [3.05, 3.63) is 24.3 Å². The van der Waals surface area contributed by atoms with Crippen molar-refractivity contribution < 1.29 is 32.2 Å². The third-order valence-electron chi connectivity index (χ3n) is 6.71. The molecule has 6 nitrogen and oxygen atoms in total. The lowest BCUT2D eigenvalue weighted by Gasteiger charge is -2.38. The first-order valence-electron chi connectivity index (χ1n) is 10.8. The van der Waals surface area contributed by atoms with Crippen molar-refractivity contribution in [2.45, 2.75) is 57.4 Å². The summed E-state index contributed by atoms with van der Waals surface area (Å²) in [6.45, 7) is 1.65. The second-order valence-corrected chi connectivity index (χ2v) is 8.63. The van der Waals surface area contributed by atoms with Crippen molar-refractivity contribution >= 4 is 17.5 Å². The van der Waals surface area contributed by atoms with E-state index in [1.54, 1.807) is 9.80 Å². The standard InChI is InChI=1S/C22H27F3N2O4/c23-22(24,25)31-18-7-5-16(6-8-18)27-14-11-21(20(27)29)9-12-26(13-10-21)19(28)15-30-17-3-1-2-4-17/h5-8,17H,1-4,9-15H2. The Balaban J connectivity index is 1.31. The SMILES string of the molecule is O=C(COC1CCCC1)N1CCC2(CC1)CCN(c1ccc(OC(F)(F)F)cc1)C2=O. The first-order valence-corrected chi connectivity index (χ1v) is 10.8. The van der Waals surface area contributed by atoms with Crippen molar-refractivity contribution in [3.63, 3.8) is 0 Å². The molecule has 31 heavy (non-hydrogen) atoms. The second-order valence-electron chi connectivity index (χ2n) is 8.63. The molecule has 1 aromatic carbocycles. The van der Waals surface area contributed by atoms with Crippen LogP contribution in [0.1, 0.15) is 44.9 Å². The minimum Gasteiger partial charge on any atom is -0.406 e. The lowest BCUT2D eigenvalue weighted by Crippen LogP contribution is -2.47. The molecule has 0 atom stereocenters. The maximum Gasteiger partial charge on any atom is 0.573 e. The third-order valence-corrected chi connectivity index (χ3v) is 6.71. The zero-order valence-electron chi connectivity index (χ0n) is 17.3. The topological polar surface area (TPSA) is 59.1 Å². The molecule has 3 fully saturated rings. The zero-order valence-corrected chi connectivity index (χ0v) is 17.3. The number of carbonyl (C=O) groups excluding carboxylic acids is 2. The van der Waals surface area contributed by atoms with Gasteiger partial charge in [0.05, 0.1) is 11.5 Å². The fourth-order valence-electron chi connectivity index (χ4n) is 4.88. The number of nitrogens with zero attached hydrogens (tertiary/aromatic N) is 2. The van der Waals surface area contributed by atoms with Gasteiger partial charge in [-0.3, -0.25) is 9.59 Å². The highest BCUT2D eigenvalue weighted by atomic mass is 19.4. The van der Waals surface area contributed by atoms with E-state index in [-0.39, 0.29) is 30.3 Å². The highest BCUT2D eigenvalue weighted by Gasteiger charge is 2.49. The number of carbonyl (C=O) groups is 2. The summed E-state index contributed by atoms with van der Waals surface area (Å²) in [4.78, 5) is 29.0. The van der Waals surface area contributed by atoms with E-state index in [0.29, 0.717) is 44.6 Å². The van der Waals surface area contributed by atoms with Gasteiger partial charge in [0.25, 0.3) is 0 Å². The molecule has 4 rings (SSSR count). The molecular weight excluding hydrogens is 413 g/mol. The van der Waals surface area contributed by atoms with E-state index in [1.165, 1.54) is 24.3 Å². The number of rotatable bonds is 5. The normalized spacial score (nSPS) is 21.8. The van der Waals surface area contributed by atoms with Crippen LogP contribution >= 0.6 is 0 Å². The Hall–Kier alpha value is -2.29. The molecule has 0 aromatic heterocycles. The predicted molar refractivity (Wildman–Crippen MR) is 107 cm³/mol. The first kappa shape index (κ1) is 21.9. The van der Waals surface area contributed by atoms with Crippen LogP contribution in [0.25, 0.3) is 0 Å². The number of amides is 2. The fraction of sp³-hybridized carbons (Fsp3) is 0.636. The van der Waals surface area contributed by atoms with Crippen LogP contribution in [0.5, 0.6) is 5.75 Å². The summed E-state index contributed by atoms with van der Waals surface area (Å²) >= 11 is 0. The van der Waals surface area contributed by atoms with E-state index in [0.717, 1.165) is 25.7 Å². The second kappa shape index (κ2) is 8.68. The summed E-state index contributed by atoms with van der Waals surface area (Å²) in [5, 5.41) is 0. The highest BCUT2D eigenvalue weighted by Crippen LogP contribution is 2.43. The maximum atomic E-state index is 13.2. The van der Waals surface area contributed by atoms with Gasteiger partial charge >= 0.3 is 6.36 Å². The molecule has 1 aliphatic carbocycles. The molecule has 1 saturated carbocycles. The molecule has 2 saturated heterocycles. The van der Waals surface area contributed by atoms with E-state index in [2.05, 4.69) is 4.74 Å². The van der Waals surface area contributed by atoms with E-state index >= 15 is 0 Å². The molecule has 2 aliphatic heterocycles. The minimum absolute atomic E-state index is 0.0219. The zero-order chi connectivity index (χ0) is 22.1. The number of halogens is 3. The predicted octanol–water partition coefficient (Wildman–Crippen LogP) is 3.89. The molecule has 0 radical (unpaired) electrons. The molecule has 0 unspecified atom stereocenters. The molecule has 170 valence electrons. The lowest BCUT2D eigenvalue weighted by atomic mass is 9.77. The quantitative estimate of drug-likeness (QED) is 0.697. The maximum absolute atomic E-state index is 13.2. The van der Waals surface area contributed by atoms with Crippen LogP contribution in [0.3, 0.4) is 0 Å². The molecule has 3 aliphatic rings. The summed E-state index contributed by atoms with van der Waals surface area (Å²) in [6, 6.07) is 5.37. The average molecular weight is 440 g/mol. The van der Waals surface area contributed by atoms with Gasteiger partial charge in [-0.05, 0) is 56.4 Å². The van der Waals surface area contributed by atoms with Crippen molar-refractivity contribution in [2.75, 3.05) is 31.1 Å². The van der Waals surface area contributed by atoms with Crippen LogP contribution in [0.2, 0.25) is 0 Å². The number of benzene rings is 1. The minimum atomic E-state index is -4.75. The van der Waals surface area contributed by atoms with Gasteiger partial charge in [0.1, 0.15) is 12.4 Å². The number of likely N-dealkylation sites (tertiary alicyclic amines) is 1. The van der Waals surface area contributed by atoms with Gasteiger partial charge < -0.3 is 19.3 Å². The number of anilines is 1. The monoisotopic (exact) mass is 440 g/mol. The van der Waals surface area contributed by atoms with Crippen LogP contribution in [-0.2, 0) is 14.3 Å². The van der Waals surface area contributed by atoms with E-state index in [4.69, 9.17) is 4.74 Å². The summed E-state index contributed by atoms with van der Waals surface area (Å²) in [6.07, 6.45) is 1.64. The van der Waals surface area contributed by atoms with Crippen LogP contribution in [0.15, 0.2) is 24.3 Å². The number of piperidine rings is 1. The Labute approximate surface area is 179 Å². The third kappa shape index (κ3) is 4.97. The van der Waals surface area contributed by atoms with Crippen molar-refractivity contribution in [3.8, 4) is 5.75 Å². The molecular formula is C22H27F3N2O4. The van der Waals surface area contributed by atoms with Crippen LogP contribution < -0.4 is 9.64 Å². The highest BCUT2D eigenvalue weighted by molar-refractivity contribution is 6.00. The Morgan fingerprint density at radius 1 is 1.03 bits per heavy atom. The summed E-state index contributed by atoms with van der Waals surface area (Å²) < 4.78 is 46.6. The molecule has 9 heteroatoms. The summed E-state index contributed by atoms with van der Waals surface area (Å²) in [5.41, 5.74) is 0.0457. The lowest BCUT2D eigenvalue weighted by molar-refractivity contribution is -0.274.